The highest BCUT2D eigenvalue weighted by molar-refractivity contribution is 7.98. The maximum absolute atomic E-state index is 4.99. The van der Waals surface area contributed by atoms with E-state index in [0.717, 1.165) is 33.8 Å². The molecule has 0 aliphatic carbocycles. The summed E-state index contributed by atoms with van der Waals surface area (Å²) in [5, 5.41) is 10.1. The van der Waals surface area contributed by atoms with E-state index in [4.69, 9.17) is 15.1 Å². The molecule has 0 amide bonds. The number of nitrogens with one attached hydrogen (secondary N) is 1. The van der Waals surface area contributed by atoms with Crippen LogP contribution in [0.1, 0.15) is 5.56 Å². The zero-order valence-corrected chi connectivity index (χ0v) is 17.9. The fourth-order valence-electron chi connectivity index (χ4n) is 3.55. The molecule has 5 rings (SSSR count). The van der Waals surface area contributed by atoms with Gasteiger partial charge in [-0.25, -0.2) is 14.6 Å². The number of hydrogen-bond donors (Lipinski definition) is 1. The Morgan fingerprint density at radius 1 is 0.806 bits per heavy atom. The van der Waals surface area contributed by atoms with Crippen molar-refractivity contribution in [2.24, 2.45) is 0 Å². The summed E-state index contributed by atoms with van der Waals surface area (Å²) in [6, 6.07) is 30.6. The van der Waals surface area contributed by atoms with Gasteiger partial charge in [0.15, 0.2) is 10.8 Å². The van der Waals surface area contributed by atoms with Crippen molar-refractivity contribution in [1.82, 2.24) is 19.7 Å². The minimum absolute atomic E-state index is 0.672. The van der Waals surface area contributed by atoms with Crippen molar-refractivity contribution < 1.29 is 0 Å². The smallest absolute Gasteiger partial charge is 0.191 e. The minimum atomic E-state index is 0.672. The van der Waals surface area contributed by atoms with Gasteiger partial charge in [0.05, 0.1) is 11.1 Å². The van der Waals surface area contributed by atoms with Gasteiger partial charge in [0.25, 0.3) is 0 Å². The molecule has 152 valence electrons. The minimum Gasteiger partial charge on any atom is -0.365 e. The van der Waals surface area contributed by atoms with Crippen molar-refractivity contribution in [2.75, 3.05) is 11.6 Å². The SMILES string of the molecule is CSc1nc(NCc2ccccc2)c2c(-c3ccccc3)nn(-c3ccccc3)c2n1. The molecular weight excluding hydrogens is 402 g/mol. The first kappa shape index (κ1) is 19.3. The molecule has 2 aromatic heterocycles. The second-order valence-corrected chi connectivity index (χ2v) is 7.83. The number of hydrogen-bond acceptors (Lipinski definition) is 5. The van der Waals surface area contributed by atoms with Gasteiger partial charge in [0.2, 0.25) is 0 Å². The van der Waals surface area contributed by atoms with Crippen LogP contribution in [0.25, 0.3) is 28.0 Å². The van der Waals surface area contributed by atoms with Gasteiger partial charge < -0.3 is 5.32 Å². The lowest BCUT2D eigenvalue weighted by Gasteiger charge is -2.10. The van der Waals surface area contributed by atoms with Crippen LogP contribution in [0.3, 0.4) is 0 Å². The summed E-state index contributed by atoms with van der Waals surface area (Å²) in [7, 11) is 0. The molecule has 0 aliphatic heterocycles. The largest absolute Gasteiger partial charge is 0.365 e. The maximum atomic E-state index is 4.99. The van der Waals surface area contributed by atoms with Crippen LogP contribution in [0.5, 0.6) is 0 Å². The third-order valence-electron chi connectivity index (χ3n) is 5.04. The molecule has 0 saturated heterocycles. The van der Waals surface area contributed by atoms with E-state index >= 15 is 0 Å². The Bertz CT molecular complexity index is 1300. The molecule has 5 aromatic rings. The van der Waals surface area contributed by atoms with E-state index in [1.165, 1.54) is 17.3 Å². The van der Waals surface area contributed by atoms with Crippen LogP contribution >= 0.6 is 11.8 Å². The highest BCUT2D eigenvalue weighted by atomic mass is 32.2. The fraction of sp³-hybridized carbons (Fsp3) is 0.0800. The number of rotatable bonds is 6. The fourth-order valence-corrected chi connectivity index (χ4v) is 3.91. The van der Waals surface area contributed by atoms with Crippen molar-refractivity contribution in [2.45, 2.75) is 11.7 Å². The molecule has 2 heterocycles. The van der Waals surface area contributed by atoms with Gasteiger partial charge in [-0.05, 0) is 24.0 Å². The van der Waals surface area contributed by atoms with Gasteiger partial charge in [-0.3, -0.25) is 0 Å². The molecule has 0 aliphatic rings. The molecular formula is C25H21N5S. The second-order valence-electron chi connectivity index (χ2n) is 7.06. The molecule has 0 unspecified atom stereocenters. The summed E-state index contributed by atoms with van der Waals surface area (Å²) in [5.41, 5.74) is 4.85. The Morgan fingerprint density at radius 2 is 1.45 bits per heavy atom. The Balaban J connectivity index is 1.72. The normalized spacial score (nSPS) is 11.0. The number of thioether (sulfide) groups is 1. The van der Waals surface area contributed by atoms with Gasteiger partial charge in [-0.15, -0.1) is 0 Å². The summed E-state index contributed by atoms with van der Waals surface area (Å²) < 4.78 is 1.91. The van der Waals surface area contributed by atoms with Crippen molar-refractivity contribution in [1.29, 1.82) is 0 Å². The summed E-state index contributed by atoms with van der Waals surface area (Å²) >= 11 is 1.53. The van der Waals surface area contributed by atoms with Crippen LogP contribution in [0.15, 0.2) is 96.2 Å². The zero-order chi connectivity index (χ0) is 21.0. The zero-order valence-electron chi connectivity index (χ0n) is 17.1. The number of nitrogens with zero attached hydrogens (tertiary/aromatic N) is 4. The first-order valence-corrected chi connectivity index (χ1v) is 11.3. The highest BCUT2D eigenvalue weighted by Crippen LogP contribution is 2.34. The first-order chi connectivity index (χ1) is 15.3. The summed E-state index contributed by atoms with van der Waals surface area (Å²) in [4.78, 5) is 9.66. The van der Waals surface area contributed by atoms with E-state index in [1.54, 1.807) is 0 Å². The average Bonchev–Trinajstić information content (AvgIpc) is 3.24. The van der Waals surface area contributed by atoms with Crippen LogP contribution in [0.4, 0.5) is 5.82 Å². The Labute approximate surface area is 185 Å². The van der Waals surface area contributed by atoms with E-state index in [9.17, 15) is 0 Å². The predicted molar refractivity (Wildman–Crippen MR) is 128 cm³/mol. The lowest BCUT2D eigenvalue weighted by atomic mass is 10.1. The number of anilines is 1. The number of para-hydroxylation sites is 1. The quantitative estimate of drug-likeness (QED) is 0.276. The Kier molecular flexibility index (Phi) is 5.37. The maximum Gasteiger partial charge on any atom is 0.191 e. The summed E-state index contributed by atoms with van der Waals surface area (Å²) in [6.07, 6.45) is 1.99. The van der Waals surface area contributed by atoms with E-state index in [1.807, 2.05) is 77.7 Å². The number of benzene rings is 3. The molecule has 3 aromatic carbocycles. The van der Waals surface area contributed by atoms with Crippen LogP contribution in [0.2, 0.25) is 0 Å². The van der Waals surface area contributed by atoms with Crippen molar-refractivity contribution in [3.8, 4) is 16.9 Å². The molecule has 0 bridgehead atoms. The lowest BCUT2D eigenvalue weighted by molar-refractivity contribution is 0.879. The molecule has 31 heavy (non-hydrogen) atoms. The second kappa shape index (κ2) is 8.62. The van der Waals surface area contributed by atoms with Gasteiger partial charge in [0.1, 0.15) is 11.5 Å². The molecule has 5 nitrogen and oxygen atoms in total. The molecule has 0 fully saturated rings. The summed E-state index contributed by atoms with van der Waals surface area (Å²) in [5.74, 6) is 0.791. The van der Waals surface area contributed by atoms with Crippen LogP contribution in [-0.4, -0.2) is 26.0 Å². The molecule has 1 N–H and O–H groups in total. The van der Waals surface area contributed by atoms with Crippen LogP contribution in [-0.2, 0) is 6.54 Å². The molecule has 0 spiro atoms. The van der Waals surface area contributed by atoms with Crippen molar-refractivity contribution >= 4 is 28.6 Å². The molecule has 6 heteroatoms. The number of aromatic nitrogens is 4. The van der Waals surface area contributed by atoms with Gasteiger partial charge in [-0.2, -0.15) is 5.10 Å². The standard InChI is InChI=1S/C25H21N5S/c1-31-25-27-23(26-17-18-11-5-2-6-12-18)21-22(19-13-7-3-8-14-19)29-30(24(21)28-25)20-15-9-4-10-16-20/h2-16H,17H2,1H3,(H,26,27,28). The summed E-state index contributed by atoms with van der Waals surface area (Å²) in [6.45, 7) is 0.672. The molecule has 0 saturated carbocycles. The lowest BCUT2D eigenvalue weighted by Crippen LogP contribution is -2.05. The monoisotopic (exact) mass is 423 g/mol. The van der Waals surface area contributed by atoms with Gasteiger partial charge in [-0.1, -0.05) is 90.6 Å². The van der Waals surface area contributed by atoms with Gasteiger partial charge >= 0.3 is 0 Å². The topological polar surface area (TPSA) is 55.6 Å². The Hall–Kier alpha value is -3.64. The predicted octanol–water partition coefficient (Wildman–Crippen LogP) is 5.82. The average molecular weight is 424 g/mol. The van der Waals surface area contributed by atoms with Crippen LogP contribution < -0.4 is 5.32 Å². The number of fused-ring (bicyclic) bond motifs is 1. The molecule has 0 atom stereocenters. The third kappa shape index (κ3) is 3.90. The molecule has 0 radical (unpaired) electrons. The first-order valence-electron chi connectivity index (χ1n) is 10.1. The van der Waals surface area contributed by atoms with E-state index in [0.29, 0.717) is 11.7 Å². The third-order valence-corrected chi connectivity index (χ3v) is 5.59. The van der Waals surface area contributed by atoms with E-state index in [2.05, 4.69) is 29.6 Å². The highest BCUT2D eigenvalue weighted by Gasteiger charge is 2.20. The Morgan fingerprint density at radius 3 is 2.13 bits per heavy atom. The van der Waals surface area contributed by atoms with Crippen molar-refractivity contribution in [3.63, 3.8) is 0 Å². The van der Waals surface area contributed by atoms with E-state index in [-0.39, 0.29) is 0 Å². The van der Waals surface area contributed by atoms with E-state index < -0.39 is 0 Å². The van der Waals surface area contributed by atoms with Crippen molar-refractivity contribution in [3.05, 3.63) is 96.6 Å². The van der Waals surface area contributed by atoms with Gasteiger partial charge in [0, 0.05) is 12.1 Å². The van der Waals surface area contributed by atoms with Crippen LogP contribution in [0, 0.1) is 0 Å².